The molecule has 1 aromatic carbocycles. The molecule has 0 spiro atoms. The molecule has 3 unspecified atom stereocenters. The van der Waals surface area contributed by atoms with Crippen LogP contribution in [0.25, 0.3) is 0 Å². The molecule has 3 nitrogen and oxygen atoms in total. The van der Waals surface area contributed by atoms with Crippen molar-refractivity contribution in [3.8, 4) is 0 Å². The Kier molecular flexibility index (Phi) is 3.57. The van der Waals surface area contributed by atoms with E-state index in [9.17, 15) is 13.2 Å². The van der Waals surface area contributed by atoms with Crippen LogP contribution in [0.3, 0.4) is 0 Å². The zero-order valence-corrected chi connectivity index (χ0v) is 11.9. The number of thiocarbonyl (C=S) groups is 1. The SMILES string of the molecule is NC(=S)c1ccc(NC2CC3CCC2O3)cc1C(F)(F)F. The fourth-order valence-corrected chi connectivity index (χ4v) is 3.27. The summed E-state index contributed by atoms with van der Waals surface area (Å²) in [5.41, 5.74) is 4.84. The van der Waals surface area contributed by atoms with Crippen molar-refractivity contribution in [2.24, 2.45) is 5.73 Å². The third-order valence-corrected chi connectivity index (χ3v) is 4.27. The van der Waals surface area contributed by atoms with Crippen LogP contribution in [-0.2, 0) is 10.9 Å². The molecule has 3 atom stereocenters. The molecule has 2 heterocycles. The Hall–Kier alpha value is -1.34. The van der Waals surface area contributed by atoms with Gasteiger partial charge in [0.2, 0.25) is 0 Å². The monoisotopic (exact) mass is 316 g/mol. The van der Waals surface area contributed by atoms with Crippen LogP contribution in [0.2, 0.25) is 0 Å². The van der Waals surface area contributed by atoms with Crippen molar-refractivity contribution in [1.29, 1.82) is 0 Å². The van der Waals surface area contributed by atoms with Crippen LogP contribution >= 0.6 is 12.2 Å². The van der Waals surface area contributed by atoms with Crippen molar-refractivity contribution < 1.29 is 17.9 Å². The molecule has 0 amide bonds. The molecule has 2 fully saturated rings. The summed E-state index contributed by atoms with van der Waals surface area (Å²) >= 11 is 4.69. The predicted molar refractivity (Wildman–Crippen MR) is 77.3 cm³/mol. The maximum absolute atomic E-state index is 13.1. The fraction of sp³-hybridized carbons (Fsp3) is 0.500. The van der Waals surface area contributed by atoms with Gasteiger partial charge in [0.1, 0.15) is 4.99 Å². The smallest absolute Gasteiger partial charge is 0.389 e. The van der Waals surface area contributed by atoms with Crippen LogP contribution in [-0.4, -0.2) is 23.2 Å². The lowest BCUT2D eigenvalue weighted by Gasteiger charge is -2.22. The van der Waals surface area contributed by atoms with Crippen LogP contribution in [0, 0.1) is 0 Å². The van der Waals surface area contributed by atoms with Gasteiger partial charge >= 0.3 is 6.18 Å². The van der Waals surface area contributed by atoms with Crippen LogP contribution in [0.15, 0.2) is 18.2 Å². The van der Waals surface area contributed by atoms with Crippen molar-refractivity contribution in [2.45, 2.75) is 43.7 Å². The highest BCUT2D eigenvalue weighted by molar-refractivity contribution is 7.80. The van der Waals surface area contributed by atoms with Gasteiger partial charge in [-0.1, -0.05) is 12.2 Å². The second-order valence-electron chi connectivity index (χ2n) is 5.48. The van der Waals surface area contributed by atoms with Crippen molar-refractivity contribution >= 4 is 22.9 Å². The lowest BCUT2D eigenvalue weighted by atomic mass is 9.95. The van der Waals surface area contributed by atoms with Gasteiger partial charge in [-0.3, -0.25) is 0 Å². The zero-order chi connectivity index (χ0) is 15.2. The summed E-state index contributed by atoms with van der Waals surface area (Å²) in [7, 11) is 0. The van der Waals surface area contributed by atoms with Gasteiger partial charge in [0, 0.05) is 11.3 Å². The van der Waals surface area contributed by atoms with E-state index in [0.717, 1.165) is 25.3 Å². The number of rotatable bonds is 3. The first kappa shape index (κ1) is 14.6. The molecule has 114 valence electrons. The molecule has 0 saturated carbocycles. The molecule has 21 heavy (non-hydrogen) atoms. The molecule has 7 heteroatoms. The van der Waals surface area contributed by atoms with Gasteiger partial charge in [-0.15, -0.1) is 0 Å². The summed E-state index contributed by atoms with van der Waals surface area (Å²) in [5, 5.41) is 3.14. The number of hydrogen-bond acceptors (Lipinski definition) is 3. The van der Waals surface area contributed by atoms with Gasteiger partial charge in [0.05, 0.1) is 23.8 Å². The van der Waals surface area contributed by atoms with E-state index in [1.54, 1.807) is 6.07 Å². The van der Waals surface area contributed by atoms with Gasteiger partial charge in [-0.05, 0) is 37.5 Å². The Morgan fingerprint density at radius 2 is 2.10 bits per heavy atom. The molecule has 0 aromatic heterocycles. The van der Waals surface area contributed by atoms with E-state index >= 15 is 0 Å². The van der Waals surface area contributed by atoms with Gasteiger partial charge in [0.25, 0.3) is 0 Å². The van der Waals surface area contributed by atoms with E-state index < -0.39 is 11.7 Å². The average molecular weight is 316 g/mol. The fourth-order valence-electron chi connectivity index (χ4n) is 3.09. The Balaban J connectivity index is 1.85. The highest BCUT2D eigenvalue weighted by Crippen LogP contribution is 2.38. The lowest BCUT2D eigenvalue weighted by molar-refractivity contribution is -0.137. The number of anilines is 1. The number of nitrogens with two attached hydrogens (primary N) is 1. The van der Waals surface area contributed by atoms with E-state index in [0.29, 0.717) is 5.69 Å². The minimum Gasteiger partial charge on any atom is -0.389 e. The van der Waals surface area contributed by atoms with E-state index in [2.05, 4.69) is 17.5 Å². The second kappa shape index (κ2) is 5.14. The van der Waals surface area contributed by atoms with Crippen molar-refractivity contribution in [1.82, 2.24) is 0 Å². The molecule has 2 aliphatic heterocycles. The summed E-state index contributed by atoms with van der Waals surface area (Å²) in [5.74, 6) is 0. The second-order valence-corrected chi connectivity index (χ2v) is 5.92. The van der Waals surface area contributed by atoms with Crippen LogP contribution in [0.1, 0.15) is 30.4 Å². The molecule has 2 bridgehead atoms. The molecule has 3 rings (SSSR count). The number of benzene rings is 1. The highest BCUT2D eigenvalue weighted by atomic mass is 32.1. The van der Waals surface area contributed by atoms with E-state index in [4.69, 9.17) is 10.5 Å². The van der Waals surface area contributed by atoms with Gasteiger partial charge in [0.15, 0.2) is 0 Å². The van der Waals surface area contributed by atoms with Crippen LogP contribution < -0.4 is 11.1 Å². The Morgan fingerprint density at radius 1 is 1.33 bits per heavy atom. The minimum atomic E-state index is -4.48. The Morgan fingerprint density at radius 3 is 2.62 bits per heavy atom. The summed E-state index contributed by atoms with van der Waals surface area (Å²) < 4.78 is 44.9. The summed E-state index contributed by atoms with van der Waals surface area (Å²) in [6, 6.07) is 4.04. The summed E-state index contributed by atoms with van der Waals surface area (Å²) in [4.78, 5) is -0.253. The van der Waals surface area contributed by atoms with Crippen LogP contribution in [0.4, 0.5) is 18.9 Å². The normalized spacial score (nSPS) is 27.9. The summed E-state index contributed by atoms with van der Waals surface area (Å²) in [6.07, 6.45) is -1.31. The standard InChI is InChI=1S/C14H15F3N2OS/c15-14(16,17)10-5-7(1-3-9(10)13(18)21)19-11-6-8-2-4-12(11)20-8/h1,3,5,8,11-12,19H,2,4,6H2,(H2,18,21). The number of ether oxygens (including phenoxy) is 1. The number of fused-ring (bicyclic) bond motifs is 2. The van der Waals surface area contributed by atoms with Crippen molar-refractivity contribution in [3.63, 3.8) is 0 Å². The topological polar surface area (TPSA) is 47.3 Å². The van der Waals surface area contributed by atoms with Gasteiger partial charge in [-0.25, -0.2) is 0 Å². The van der Waals surface area contributed by atoms with Crippen LogP contribution in [0.5, 0.6) is 0 Å². The maximum Gasteiger partial charge on any atom is 0.417 e. The first-order valence-electron chi connectivity index (χ1n) is 6.77. The Bertz CT molecular complexity index is 576. The minimum absolute atomic E-state index is 0.0699. The summed E-state index contributed by atoms with van der Waals surface area (Å²) in [6.45, 7) is 0. The lowest BCUT2D eigenvalue weighted by Crippen LogP contribution is -2.30. The zero-order valence-electron chi connectivity index (χ0n) is 11.1. The molecule has 3 N–H and O–H groups in total. The first-order valence-corrected chi connectivity index (χ1v) is 7.18. The number of nitrogens with one attached hydrogen (secondary N) is 1. The largest absolute Gasteiger partial charge is 0.417 e. The molecule has 2 saturated heterocycles. The molecule has 0 radical (unpaired) electrons. The third kappa shape index (κ3) is 2.85. The average Bonchev–Trinajstić information content (AvgIpc) is 2.99. The molecule has 2 aliphatic rings. The van der Waals surface area contributed by atoms with E-state index in [1.165, 1.54) is 6.07 Å². The first-order chi connectivity index (χ1) is 9.84. The molecule has 0 aliphatic carbocycles. The quantitative estimate of drug-likeness (QED) is 0.842. The number of alkyl halides is 3. The van der Waals surface area contributed by atoms with Gasteiger partial charge in [-0.2, -0.15) is 13.2 Å². The highest BCUT2D eigenvalue weighted by Gasteiger charge is 2.41. The number of halogens is 3. The Labute approximate surface area is 125 Å². The maximum atomic E-state index is 13.1. The van der Waals surface area contributed by atoms with Crippen molar-refractivity contribution in [2.75, 3.05) is 5.32 Å². The molecular weight excluding hydrogens is 301 g/mol. The van der Waals surface area contributed by atoms with E-state index in [-0.39, 0.29) is 28.8 Å². The predicted octanol–water partition coefficient (Wildman–Crippen LogP) is 3.07. The van der Waals surface area contributed by atoms with Crippen molar-refractivity contribution in [3.05, 3.63) is 29.3 Å². The van der Waals surface area contributed by atoms with Gasteiger partial charge < -0.3 is 15.8 Å². The number of hydrogen-bond donors (Lipinski definition) is 2. The van der Waals surface area contributed by atoms with E-state index in [1.807, 2.05) is 0 Å². The molecule has 1 aromatic rings. The molecular formula is C14H15F3N2OS. The third-order valence-electron chi connectivity index (χ3n) is 4.05.